The summed E-state index contributed by atoms with van der Waals surface area (Å²) in [4.78, 5) is 4.25. The Morgan fingerprint density at radius 2 is 1.88 bits per heavy atom. The Hall–Kier alpha value is -2.01. The molecule has 1 aromatic heterocycles. The first-order valence-corrected chi connectivity index (χ1v) is 4.88. The third kappa shape index (κ3) is 2.32. The average Bonchev–Trinajstić information content (AvgIpc) is 2.31. The molecular weight excluding hydrogens is 206 g/mol. The molecule has 2 N–H and O–H groups in total. The Morgan fingerprint density at radius 1 is 1.12 bits per heavy atom. The molecule has 0 aliphatic carbocycles. The molecule has 0 spiro atoms. The van der Waals surface area contributed by atoms with E-state index in [-0.39, 0.29) is 12.4 Å². The molecule has 0 saturated heterocycles. The van der Waals surface area contributed by atoms with Crippen LogP contribution in [0.4, 0.5) is 0 Å². The summed E-state index contributed by atoms with van der Waals surface area (Å²) in [6, 6.07) is 6.68. The third-order valence-corrected chi connectivity index (χ3v) is 2.10. The standard InChI is InChI=1S/C11H11N3O2/c15-6-5-11-13-10(7-12-14-11)8-1-3-9(16)4-2-8/h1-4,7,15-16H,5-6H2. The highest BCUT2D eigenvalue weighted by Gasteiger charge is 2.02. The van der Waals surface area contributed by atoms with Crippen molar-refractivity contribution in [3.63, 3.8) is 0 Å². The second-order valence-corrected chi connectivity index (χ2v) is 3.28. The Balaban J connectivity index is 2.32. The van der Waals surface area contributed by atoms with Crippen molar-refractivity contribution in [1.29, 1.82) is 0 Å². The van der Waals surface area contributed by atoms with Gasteiger partial charge in [0, 0.05) is 12.0 Å². The molecule has 0 aliphatic heterocycles. The first kappa shape index (κ1) is 10.5. The van der Waals surface area contributed by atoms with E-state index in [2.05, 4.69) is 15.2 Å². The molecule has 0 amide bonds. The minimum Gasteiger partial charge on any atom is -0.508 e. The van der Waals surface area contributed by atoms with Crippen LogP contribution in [0.2, 0.25) is 0 Å². The first-order valence-electron chi connectivity index (χ1n) is 4.88. The first-order chi connectivity index (χ1) is 7.79. The van der Waals surface area contributed by atoms with Gasteiger partial charge in [-0.3, -0.25) is 0 Å². The molecule has 5 heteroatoms. The van der Waals surface area contributed by atoms with Crippen LogP contribution < -0.4 is 0 Å². The summed E-state index contributed by atoms with van der Waals surface area (Å²) in [7, 11) is 0. The molecule has 2 rings (SSSR count). The van der Waals surface area contributed by atoms with Crippen molar-refractivity contribution in [3.8, 4) is 17.0 Å². The molecule has 82 valence electrons. The fourth-order valence-electron chi connectivity index (χ4n) is 1.32. The maximum absolute atomic E-state index is 9.16. The zero-order chi connectivity index (χ0) is 11.4. The van der Waals surface area contributed by atoms with Gasteiger partial charge in [0.1, 0.15) is 5.75 Å². The van der Waals surface area contributed by atoms with Crippen LogP contribution in [-0.4, -0.2) is 32.0 Å². The molecule has 0 unspecified atom stereocenters. The van der Waals surface area contributed by atoms with Crippen LogP contribution in [0.5, 0.6) is 5.75 Å². The predicted octanol–water partition coefficient (Wildman–Crippen LogP) is 0.779. The average molecular weight is 217 g/mol. The topological polar surface area (TPSA) is 79.1 Å². The molecule has 0 atom stereocenters. The number of nitrogens with zero attached hydrogens (tertiary/aromatic N) is 3. The highest BCUT2D eigenvalue weighted by atomic mass is 16.3. The smallest absolute Gasteiger partial charge is 0.153 e. The lowest BCUT2D eigenvalue weighted by atomic mass is 10.1. The number of aliphatic hydroxyl groups is 1. The van der Waals surface area contributed by atoms with Gasteiger partial charge in [0.05, 0.1) is 18.5 Å². The number of hydrogen-bond acceptors (Lipinski definition) is 5. The normalized spacial score (nSPS) is 10.3. The Kier molecular flexibility index (Phi) is 3.07. The van der Waals surface area contributed by atoms with E-state index in [1.165, 1.54) is 0 Å². The molecule has 5 nitrogen and oxygen atoms in total. The summed E-state index contributed by atoms with van der Waals surface area (Å²) < 4.78 is 0. The van der Waals surface area contributed by atoms with Crippen molar-refractivity contribution < 1.29 is 10.2 Å². The maximum atomic E-state index is 9.16. The number of aliphatic hydroxyl groups excluding tert-OH is 1. The quantitative estimate of drug-likeness (QED) is 0.794. The van der Waals surface area contributed by atoms with Crippen LogP contribution in [0.25, 0.3) is 11.3 Å². The molecular formula is C11H11N3O2. The van der Waals surface area contributed by atoms with Crippen molar-refractivity contribution in [1.82, 2.24) is 15.2 Å². The lowest BCUT2D eigenvalue weighted by molar-refractivity contribution is 0.296. The van der Waals surface area contributed by atoms with Crippen LogP contribution >= 0.6 is 0 Å². The summed E-state index contributed by atoms with van der Waals surface area (Å²) in [5.74, 6) is 0.717. The van der Waals surface area contributed by atoms with Crippen molar-refractivity contribution in [3.05, 3.63) is 36.3 Å². The zero-order valence-corrected chi connectivity index (χ0v) is 8.54. The van der Waals surface area contributed by atoms with Gasteiger partial charge in [0.2, 0.25) is 0 Å². The number of benzene rings is 1. The van der Waals surface area contributed by atoms with E-state index in [0.29, 0.717) is 17.9 Å². The number of hydrogen-bond donors (Lipinski definition) is 2. The summed E-state index contributed by atoms with van der Waals surface area (Å²) in [5.41, 5.74) is 1.53. The molecule has 16 heavy (non-hydrogen) atoms. The number of phenolic OH excluding ortho intramolecular Hbond substituents is 1. The zero-order valence-electron chi connectivity index (χ0n) is 8.54. The minimum absolute atomic E-state index is 0.000706. The van der Waals surface area contributed by atoms with Gasteiger partial charge in [0.15, 0.2) is 5.82 Å². The Bertz CT molecular complexity index is 471. The van der Waals surface area contributed by atoms with E-state index < -0.39 is 0 Å². The summed E-state index contributed by atoms with van der Waals surface area (Å²) >= 11 is 0. The summed E-state index contributed by atoms with van der Waals surface area (Å²) in [6.45, 7) is 0.000706. The summed E-state index contributed by atoms with van der Waals surface area (Å²) in [6.07, 6.45) is 1.94. The molecule has 1 heterocycles. The Labute approximate surface area is 92.4 Å². The van der Waals surface area contributed by atoms with Gasteiger partial charge in [-0.25, -0.2) is 4.98 Å². The number of aromatic hydroxyl groups is 1. The molecule has 0 fully saturated rings. The number of rotatable bonds is 3. The fourth-order valence-corrected chi connectivity index (χ4v) is 1.32. The maximum Gasteiger partial charge on any atom is 0.153 e. The molecule has 2 aromatic rings. The van der Waals surface area contributed by atoms with Gasteiger partial charge in [-0.15, -0.1) is 5.10 Å². The molecule has 0 radical (unpaired) electrons. The second-order valence-electron chi connectivity index (χ2n) is 3.28. The van der Waals surface area contributed by atoms with Crippen LogP contribution in [-0.2, 0) is 6.42 Å². The van der Waals surface area contributed by atoms with Gasteiger partial charge < -0.3 is 10.2 Å². The van der Waals surface area contributed by atoms with Gasteiger partial charge in [-0.1, -0.05) is 0 Å². The van der Waals surface area contributed by atoms with Crippen LogP contribution in [0.3, 0.4) is 0 Å². The molecule has 0 saturated carbocycles. The molecule has 0 aliphatic rings. The fraction of sp³-hybridized carbons (Fsp3) is 0.182. The highest BCUT2D eigenvalue weighted by molar-refractivity contribution is 5.58. The lowest BCUT2D eigenvalue weighted by Gasteiger charge is -2.01. The van der Waals surface area contributed by atoms with Crippen molar-refractivity contribution in [2.75, 3.05) is 6.61 Å². The highest BCUT2D eigenvalue weighted by Crippen LogP contribution is 2.18. The largest absolute Gasteiger partial charge is 0.508 e. The van der Waals surface area contributed by atoms with E-state index >= 15 is 0 Å². The lowest BCUT2D eigenvalue weighted by Crippen LogP contribution is -2.01. The van der Waals surface area contributed by atoms with Gasteiger partial charge in [-0.2, -0.15) is 5.10 Å². The van der Waals surface area contributed by atoms with Crippen molar-refractivity contribution in [2.45, 2.75) is 6.42 Å². The molecule has 1 aromatic carbocycles. The van der Waals surface area contributed by atoms with E-state index in [1.807, 2.05) is 0 Å². The number of phenols is 1. The van der Waals surface area contributed by atoms with Crippen LogP contribution in [0.15, 0.2) is 30.5 Å². The second kappa shape index (κ2) is 4.67. The van der Waals surface area contributed by atoms with E-state index in [0.717, 1.165) is 5.56 Å². The van der Waals surface area contributed by atoms with E-state index in [1.54, 1.807) is 30.5 Å². The van der Waals surface area contributed by atoms with Gasteiger partial charge in [-0.05, 0) is 24.3 Å². The monoisotopic (exact) mass is 217 g/mol. The third-order valence-electron chi connectivity index (χ3n) is 2.10. The van der Waals surface area contributed by atoms with Gasteiger partial charge in [0.25, 0.3) is 0 Å². The summed E-state index contributed by atoms with van der Waals surface area (Å²) in [5, 5.41) is 25.6. The van der Waals surface area contributed by atoms with Crippen LogP contribution in [0.1, 0.15) is 5.82 Å². The van der Waals surface area contributed by atoms with Crippen molar-refractivity contribution in [2.24, 2.45) is 0 Å². The van der Waals surface area contributed by atoms with E-state index in [4.69, 9.17) is 10.2 Å². The van der Waals surface area contributed by atoms with Crippen molar-refractivity contribution >= 4 is 0 Å². The number of aromatic nitrogens is 3. The Morgan fingerprint density at radius 3 is 2.56 bits per heavy atom. The minimum atomic E-state index is 0.000706. The molecule has 0 bridgehead atoms. The SMILES string of the molecule is OCCc1nncc(-c2ccc(O)cc2)n1. The van der Waals surface area contributed by atoms with Gasteiger partial charge >= 0.3 is 0 Å². The predicted molar refractivity (Wildman–Crippen MR) is 57.7 cm³/mol. The van der Waals surface area contributed by atoms with E-state index in [9.17, 15) is 0 Å². The van der Waals surface area contributed by atoms with Crippen LogP contribution in [0, 0.1) is 0 Å².